The van der Waals surface area contributed by atoms with Gasteiger partial charge >= 0.3 is 0 Å². The highest BCUT2D eigenvalue weighted by Gasteiger charge is 2.39. The van der Waals surface area contributed by atoms with Crippen molar-refractivity contribution in [2.75, 3.05) is 13.6 Å². The second-order valence-electron chi connectivity index (χ2n) is 9.71. The van der Waals surface area contributed by atoms with Crippen LogP contribution in [0.15, 0.2) is 0 Å². The number of carbonyl (C=O) groups is 2. The number of ketones is 1. The maximum Gasteiger partial charge on any atom is 0.226 e. The van der Waals surface area contributed by atoms with E-state index in [1.165, 1.54) is 0 Å². The largest absolute Gasteiger partial charge is 0.351 e. The normalized spacial score (nSPS) is 13.0. The lowest BCUT2D eigenvalue weighted by Gasteiger charge is -2.39. The molecule has 150 valence electrons. The minimum absolute atomic E-state index is 0.0112. The third-order valence-corrected chi connectivity index (χ3v) is 4.48. The molecule has 0 aliphatic carbocycles. The molecule has 0 bridgehead atoms. The molecular weight excluding hydrogens is 312 g/mol. The lowest BCUT2D eigenvalue weighted by atomic mass is 9.72. The molecule has 0 fully saturated rings. The van der Waals surface area contributed by atoms with Crippen molar-refractivity contribution in [3.63, 3.8) is 0 Å². The predicted molar refractivity (Wildman–Crippen MR) is 109 cm³/mol. The van der Waals surface area contributed by atoms with Crippen LogP contribution < -0.4 is 10.6 Å². The molecule has 1 amide bonds. The molecular formula is C21H44N2O2. The van der Waals surface area contributed by atoms with Crippen molar-refractivity contribution in [1.82, 2.24) is 10.6 Å². The summed E-state index contributed by atoms with van der Waals surface area (Å²) >= 11 is 0. The molecule has 4 nitrogen and oxygen atoms in total. The van der Waals surface area contributed by atoms with Gasteiger partial charge in [-0.15, -0.1) is 0 Å². The van der Waals surface area contributed by atoms with E-state index in [1.54, 1.807) is 6.92 Å². The lowest BCUT2D eigenvalue weighted by Crippen LogP contribution is -2.52. The Bertz CT molecular complexity index is 435. The maximum atomic E-state index is 12.8. The molecule has 0 saturated heterocycles. The Balaban J connectivity index is 0. The average molecular weight is 357 g/mol. The molecule has 4 heteroatoms. The first kappa shape index (κ1) is 26.3. The summed E-state index contributed by atoms with van der Waals surface area (Å²) in [7, 11) is 1.94. The highest BCUT2D eigenvalue weighted by atomic mass is 16.2. The van der Waals surface area contributed by atoms with E-state index in [0.29, 0.717) is 6.42 Å². The zero-order chi connectivity index (χ0) is 20.7. The van der Waals surface area contributed by atoms with Crippen molar-refractivity contribution in [2.24, 2.45) is 16.2 Å². The molecule has 0 aromatic rings. The van der Waals surface area contributed by atoms with Crippen LogP contribution in [0.3, 0.4) is 0 Å². The van der Waals surface area contributed by atoms with Gasteiger partial charge in [-0.1, -0.05) is 55.4 Å². The molecule has 0 aromatic carbocycles. The van der Waals surface area contributed by atoms with Gasteiger partial charge in [0, 0.05) is 22.9 Å². The van der Waals surface area contributed by atoms with E-state index in [9.17, 15) is 9.59 Å². The number of amides is 1. The Morgan fingerprint density at radius 2 is 1.24 bits per heavy atom. The van der Waals surface area contributed by atoms with Crippen molar-refractivity contribution in [1.29, 1.82) is 0 Å². The Kier molecular flexibility index (Phi) is 10.2. The molecule has 0 rings (SSSR count). The summed E-state index contributed by atoms with van der Waals surface area (Å²) in [6.45, 7) is 22.7. The topological polar surface area (TPSA) is 58.2 Å². The van der Waals surface area contributed by atoms with Crippen LogP contribution in [0.4, 0.5) is 0 Å². The van der Waals surface area contributed by atoms with Crippen LogP contribution in [-0.4, -0.2) is 30.8 Å². The molecule has 0 aliphatic heterocycles. The molecule has 0 unspecified atom stereocenters. The van der Waals surface area contributed by atoms with Gasteiger partial charge < -0.3 is 10.6 Å². The van der Waals surface area contributed by atoms with Crippen LogP contribution in [0.1, 0.15) is 89.0 Å². The number of carbonyl (C=O) groups excluding carboxylic acids is 2. The first-order valence-corrected chi connectivity index (χ1v) is 9.53. The Labute approximate surface area is 156 Å². The predicted octanol–water partition coefficient (Wildman–Crippen LogP) is 4.57. The number of hydrogen-bond donors (Lipinski definition) is 2. The maximum absolute atomic E-state index is 12.8. The number of nitrogens with one attached hydrogen (secondary N) is 2. The van der Waals surface area contributed by atoms with Crippen molar-refractivity contribution >= 4 is 11.7 Å². The summed E-state index contributed by atoms with van der Waals surface area (Å²) in [5.74, 6) is 0.130. The zero-order valence-electron chi connectivity index (χ0n) is 18.9. The molecule has 25 heavy (non-hydrogen) atoms. The van der Waals surface area contributed by atoms with Crippen LogP contribution in [0, 0.1) is 16.2 Å². The van der Waals surface area contributed by atoms with E-state index in [0.717, 1.165) is 13.0 Å². The van der Waals surface area contributed by atoms with Gasteiger partial charge in [-0.3, -0.25) is 9.59 Å². The molecule has 0 atom stereocenters. The summed E-state index contributed by atoms with van der Waals surface area (Å²) in [6, 6.07) is 0. The van der Waals surface area contributed by atoms with Gasteiger partial charge in [-0.2, -0.15) is 0 Å². The lowest BCUT2D eigenvalue weighted by molar-refractivity contribution is -0.135. The van der Waals surface area contributed by atoms with Gasteiger partial charge in [0.1, 0.15) is 5.78 Å². The zero-order valence-corrected chi connectivity index (χ0v) is 18.9. The van der Waals surface area contributed by atoms with Gasteiger partial charge in [0.05, 0.1) is 0 Å². The second kappa shape index (κ2) is 9.70. The Morgan fingerprint density at radius 1 is 0.800 bits per heavy atom. The van der Waals surface area contributed by atoms with Gasteiger partial charge in [0.15, 0.2) is 0 Å². The minimum atomic E-state index is -0.584. The number of hydrogen-bond acceptors (Lipinski definition) is 3. The average Bonchev–Trinajstić information content (AvgIpc) is 2.37. The quantitative estimate of drug-likeness (QED) is 0.636. The van der Waals surface area contributed by atoms with Crippen LogP contribution in [0.25, 0.3) is 0 Å². The first-order valence-electron chi connectivity index (χ1n) is 9.53. The highest BCUT2D eigenvalue weighted by molar-refractivity contribution is 5.85. The van der Waals surface area contributed by atoms with Crippen molar-refractivity contribution in [3.8, 4) is 0 Å². The SMILES string of the molecule is CC.CNCC(C)(C)CC(C)(C)NC(=O)C(C)(C)CC(C)(C)C(C)=O. The van der Waals surface area contributed by atoms with Crippen molar-refractivity contribution in [2.45, 2.75) is 94.5 Å². The van der Waals surface area contributed by atoms with E-state index in [4.69, 9.17) is 0 Å². The van der Waals surface area contributed by atoms with Crippen LogP contribution in [0.2, 0.25) is 0 Å². The van der Waals surface area contributed by atoms with E-state index >= 15 is 0 Å². The minimum Gasteiger partial charge on any atom is -0.351 e. The van der Waals surface area contributed by atoms with Gasteiger partial charge in [0.25, 0.3) is 0 Å². The Morgan fingerprint density at radius 3 is 1.60 bits per heavy atom. The monoisotopic (exact) mass is 356 g/mol. The molecule has 2 N–H and O–H groups in total. The number of rotatable bonds is 9. The first-order chi connectivity index (χ1) is 11.0. The molecule has 0 spiro atoms. The van der Waals surface area contributed by atoms with Gasteiger partial charge in [-0.05, 0) is 46.1 Å². The third-order valence-electron chi connectivity index (χ3n) is 4.48. The Hall–Kier alpha value is -0.900. The van der Waals surface area contributed by atoms with Crippen LogP contribution >= 0.6 is 0 Å². The van der Waals surface area contributed by atoms with Crippen LogP contribution in [-0.2, 0) is 9.59 Å². The fourth-order valence-corrected chi connectivity index (χ4v) is 3.57. The number of Topliss-reactive ketones (excluding diaryl/α,β-unsaturated/α-hetero) is 1. The highest BCUT2D eigenvalue weighted by Crippen LogP contribution is 2.35. The fourth-order valence-electron chi connectivity index (χ4n) is 3.57. The van der Waals surface area contributed by atoms with E-state index in [-0.39, 0.29) is 22.6 Å². The standard InChI is InChI=1S/C19H38N2O2.C2H6/c1-14(22)17(4,5)12-18(6,7)15(23)21-19(8,9)11-16(2,3)13-20-10;1-2/h20H,11-13H2,1-10H3,(H,21,23);1-2H3. The van der Waals surface area contributed by atoms with E-state index < -0.39 is 10.8 Å². The molecule has 0 heterocycles. The molecule has 0 aromatic heterocycles. The smallest absolute Gasteiger partial charge is 0.226 e. The fraction of sp³-hybridized carbons (Fsp3) is 0.905. The van der Waals surface area contributed by atoms with Gasteiger partial charge in [-0.25, -0.2) is 0 Å². The summed E-state index contributed by atoms with van der Waals surface area (Å²) in [6.07, 6.45) is 1.41. The van der Waals surface area contributed by atoms with Gasteiger partial charge in [0.2, 0.25) is 5.91 Å². The molecule has 0 radical (unpaired) electrons. The summed E-state index contributed by atoms with van der Waals surface area (Å²) in [5.41, 5.74) is -1.28. The summed E-state index contributed by atoms with van der Waals surface area (Å²) in [5, 5.41) is 6.40. The summed E-state index contributed by atoms with van der Waals surface area (Å²) in [4.78, 5) is 24.6. The van der Waals surface area contributed by atoms with Crippen molar-refractivity contribution < 1.29 is 9.59 Å². The second-order valence-corrected chi connectivity index (χ2v) is 9.71. The van der Waals surface area contributed by atoms with Crippen LogP contribution in [0.5, 0.6) is 0 Å². The van der Waals surface area contributed by atoms with E-state index in [2.05, 4.69) is 38.3 Å². The third kappa shape index (κ3) is 9.98. The summed E-state index contributed by atoms with van der Waals surface area (Å²) < 4.78 is 0. The molecule has 0 saturated carbocycles. The van der Waals surface area contributed by atoms with Crippen molar-refractivity contribution in [3.05, 3.63) is 0 Å². The van der Waals surface area contributed by atoms with E-state index in [1.807, 2.05) is 48.6 Å². The molecule has 0 aliphatic rings.